The Bertz CT molecular complexity index is 450. The number of rotatable bonds is 4. The molecule has 3 rings (SSSR count). The molecule has 2 fully saturated rings. The maximum absolute atomic E-state index is 4.62. The Balaban J connectivity index is 0.00000176. The van der Waals surface area contributed by atoms with Crippen molar-refractivity contribution in [1.29, 1.82) is 0 Å². The third-order valence-corrected chi connectivity index (χ3v) is 4.89. The molecule has 2 unspecified atom stereocenters. The molecule has 0 amide bonds. The Kier molecular flexibility index (Phi) is 6.07. The topological polar surface area (TPSA) is 31.4 Å². The third-order valence-electron chi connectivity index (χ3n) is 4.89. The summed E-state index contributed by atoms with van der Waals surface area (Å²) in [5.74, 6) is 1.06. The van der Waals surface area contributed by atoms with Crippen molar-refractivity contribution in [2.24, 2.45) is 0 Å². The number of piperazine rings is 1. The monoisotopic (exact) mass is 324 g/mol. The minimum Gasteiger partial charge on any atom is -0.357 e. The normalized spacial score (nSPS) is 24.9. The predicted octanol–water partition coefficient (Wildman–Crippen LogP) is 2.67. The van der Waals surface area contributed by atoms with E-state index in [1.54, 1.807) is 0 Å². The molecule has 1 aromatic heterocycles. The number of piperidine rings is 1. The molecule has 124 valence electrons. The van der Waals surface area contributed by atoms with Gasteiger partial charge < -0.3 is 10.2 Å². The summed E-state index contributed by atoms with van der Waals surface area (Å²) in [4.78, 5) is 9.42. The third kappa shape index (κ3) is 4.12. The molecule has 1 aromatic rings. The van der Waals surface area contributed by atoms with E-state index in [0.29, 0.717) is 18.1 Å². The van der Waals surface area contributed by atoms with Gasteiger partial charge >= 0.3 is 0 Å². The summed E-state index contributed by atoms with van der Waals surface area (Å²) in [6.07, 6.45) is 6.12. The van der Waals surface area contributed by atoms with Crippen LogP contribution < -0.4 is 10.2 Å². The van der Waals surface area contributed by atoms with E-state index in [2.05, 4.69) is 53.1 Å². The molecule has 22 heavy (non-hydrogen) atoms. The predicted molar refractivity (Wildman–Crippen MR) is 94.9 cm³/mol. The Hall–Kier alpha value is -0.840. The number of fused-ring (bicyclic) bond motifs is 2. The summed E-state index contributed by atoms with van der Waals surface area (Å²) in [5, 5.41) is 3.74. The molecule has 2 saturated heterocycles. The van der Waals surface area contributed by atoms with Crippen LogP contribution in [0.2, 0.25) is 0 Å². The first-order valence-corrected chi connectivity index (χ1v) is 8.28. The fraction of sp³-hybridized carbons (Fsp3) is 0.706. The number of anilines is 1. The van der Waals surface area contributed by atoms with Crippen molar-refractivity contribution in [3.63, 3.8) is 0 Å². The van der Waals surface area contributed by atoms with E-state index in [1.165, 1.54) is 37.9 Å². The van der Waals surface area contributed by atoms with Gasteiger partial charge in [-0.3, -0.25) is 4.90 Å². The van der Waals surface area contributed by atoms with Gasteiger partial charge in [-0.15, -0.1) is 12.4 Å². The summed E-state index contributed by atoms with van der Waals surface area (Å²) >= 11 is 0. The largest absolute Gasteiger partial charge is 0.357 e. The molecule has 4 nitrogen and oxygen atoms in total. The van der Waals surface area contributed by atoms with Crippen molar-refractivity contribution >= 4 is 18.2 Å². The number of pyridine rings is 1. The second kappa shape index (κ2) is 7.62. The summed E-state index contributed by atoms with van der Waals surface area (Å²) in [7, 11) is 2.10. The summed E-state index contributed by atoms with van der Waals surface area (Å²) < 4.78 is 0. The standard InChI is InChI=1S/C17H28N4.ClH/c1-13(2)20(3)17-8-7-14(9-18-17)10-21-11-15-5-4-6-16(12-21)19-15;/h7-9,13,15-16,19H,4-6,10-12H2,1-3H3;1H. The molecule has 0 spiro atoms. The minimum absolute atomic E-state index is 0. The van der Waals surface area contributed by atoms with Gasteiger partial charge in [-0.05, 0) is 38.3 Å². The molecule has 2 aliphatic heterocycles. The first-order valence-electron chi connectivity index (χ1n) is 8.28. The molecule has 0 aromatic carbocycles. The van der Waals surface area contributed by atoms with Gasteiger partial charge in [0.1, 0.15) is 5.82 Å². The Morgan fingerprint density at radius 3 is 2.50 bits per heavy atom. The molecule has 0 aliphatic carbocycles. The number of aromatic nitrogens is 1. The summed E-state index contributed by atoms with van der Waals surface area (Å²) in [6, 6.07) is 6.28. The number of nitrogens with zero attached hydrogens (tertiary/aromatic N) is 3. The van der Waals surface area contributed by atoms with Crippen LogP contribution >= 0.6 is 12.4 Å². The highest BCUT2D eigenvalue weighted by molar-refractivity contribution is 5.85. The van der Waals surface area contributed by atoms with Gasteiger partial charge in [-0.1, -0.05) is 12.5 Å². The SMILES string of the molecule is CC(C)N(C)c1ccc(CN2CC3CCCC(C2)N3)cn1.Cl. The van der Waals surface area contributed by atoms with Crippen molar-refractivity contribution in [2.45, 2.75) is 57.8 Å². The van der Waals surface area contributed by atoms with Gasteiger partial charge in [0.25, 0.3) is 0 Å². The Labute approximate surface area is 140 Å². The summed E-state index contributed by atoms with van der Waals surface area (Å²) in [6.45, 7) is 7.78. The van der Waals surface area contributed by atoms with E-state index >= 15 is 0 Å². The maximum Gasteiger partial charge on any atom is 0.128 e. The smallest absolute Gasteiger partial charge is 0.128 e. The molecule has 3 heterocycles. The van der Waals surface area contributed by atoms with Gasteiger partial charge in [-0.2, -0.15) is 0 Å². The molecule has 1 N–H and O–H groups in total. The van der Waals surface area contributed by atoms with Gasteiger partial charge in [0.15, 0.2) is 0 Å². The van der Waals surface area contributed by atoms with Crippen molar-refractivity contribution in [3.8, 4) is 0 Å². The number of halogens is 1. The van der Waals surface area contributed by atoms with Crippen molar-refractivity contribution in [2.75, 3.05) is 25.0 Å². The van der Waals surface area contributed by atoms with Crippen LogP contribution in [-0.2, 0) is 6.54 Å². The first kappa shape index (κ1) is 17.5. The van der Waals surface area contributed by atoms with Gasteiger partial charge in [-0.25, -0.2) is 4.98 Å². The highest BCUT2D eigenvalue weighted by Gasteiger charge is 2.29. The van der Waals surface area contributed by atoms with Crippen LogP contribution in [0.25, 0.3) is 0 Å². The van der Waals surface area contributed by atoms with Crippen LogP contribution in [0.1, 0.15) is 38.7 Å². The lowest BCUT2D eigenvalue weighted by Crippen LogP contribution is -2.58. The lowest BCUT2D eigenvalue weighted by Gasteiger charge is -2.42. The molecule has 0 radical (unpaired) electrons. The van der Waals surface area contributed by atoms with Crippen LogP contribution in [0.3, 0.4) is 0 Å². The first-order chi connectivity index (χ1) is 10.1. The second-order valence-corrected chi connectivity index (χ2v) is 6.91. The molecule has 0 saturated carbocycles. The number of nitrogens with one attached hydrogen (secondary N) is 1. The van der Waals surface area contributed by atoms with Crippen LogP contribution in [-0.4, -0.2) is 48.1 Å². The van der Waals surface area contributed by atoms with Gasteiger partial charge in [0.2, 0.25) is 0 Å². The Morgan fingerprint density at radius 2 is 1.95 bits per heavy atom. The molecule has 2 atom stereocenters. The lowest BCUT2D eigenvalue weighted by molar-refractivity contribution is 0.119. The lowest BCUT2D eigenvalue weighted by atomic mass is 9.94. The van der Waals surface area contributed by atoms with E-state index in [-0.39, 0.29) is 12.4 Å². The number of hydrogen-bond donors (Lipinski definition) is 1. The van der Waals surface area contributed by atoms with Crippen molar-refractivity contribution < 1.29 is 0 Å². The van der Waals surface area contributed by atoms with E-state index < -0.39 is 0 Å². The number of likely N-dealkylation sites (tertiary alicyclic amines) is 1. The molecule has 5 heteroatoms. The van der Waals surface area contributed by atoms with E-state index in [0.717, 1.165) is 12.4 Å². The highest BCUT2D eigenvalue weighted by Crippen LogP contribution is 2.21. The molecular weight excluding hydrogens is 296 g/mol. The zero-order valence-electron chi connectivity index (χ0n) is 14.0. The zero-order chi connectivity index (χ0) is 14.8. The summed E-state index contributed by atoms with van der Waals surface area (Å²) in [5.41, 5.74) is 1.33. The van der Waals surface area contributed by atoms with E-state index in [1.807, 2.05) is 6.20 Å². The average molecular weight is 325 g/mol. The van der Waals surface area contributed by atoms with Crippen LogP contribution in [0.4, 0.5) is 5.82 Å². The minimum atomic E-state index is 0. The second-order valence-electron chi connectivity index (χ2n) is 6.91. The van der Waals surface area contributed by atoms with Gasteiger partial charge in [0, 0.05) is 51.0 Å². The molecule has 2 bridgehead atoms. The highest BCUT2D eigenvalue weighted by atomic mass is 35.5. The fourth-order valence-corrected chi connectivity index (χ4v) is 3.47. The van der Waals surface area contributed by atoms with E-state index in [9.17, 15) is 0 Å². The average Bonchev–Trinajstić information content (AvgIpc) is 2.47. The van der Waals surface area contributed by atoms with Crippen molar-refractivity contribution in [1.82, 2.24) is 15.2 Å². The van der Waals surface area contributed by atoms with Crippen LogP contribution in [0.5, 0.6) is 0 Å². The van der Waals surface area contributed by atoms with E-state index in [4.69, 9.17) is 0 Å². The molecule has 2 aliphatic rings. The van der Waals surface area contributed by atoms with Crippen LogP contribution in [0.15, 0.2) is 18.3 Å². The maximum atomic E-state index is 4.62. The Morgan fingerprint density at radius 1 is 1.27 bits per heavy atom. The molecular formula is C17H29ClN4. The van der Waals surface area contributed by atoms with Gasteiger partial charge in [0.05, 0.1) is 0 Å². The van der Waals surface area contributed by atoms with Crippen molar-refractivity contribution in [3.05, 3.63) is 23.9 Å². The number of hydrogen-bond acceptors (Lipinski definition) is 4. The fourth-order valence-electron chi connectivity index (χ4n) is 3.47. The quantitative estimate of drug-likeness (QED) is 0.922. The zero-order valence-corrected chi connectivity index (χ0v) is 14.8. The van der Waals surface area contributed by atoms with Crippen LogP contribution in [0, 0.1) is 0 Å².